The van der Waals surface area contributed by atoms with Crippen LogP contribution < -0.4 is 5.56 Å². The molecule has 0 saturated heterocycles. The number of nitrogens with one attached hydrogen (secondary N) is 1. The van der Waals surface area contributed by atoms with Crippen molar-refractivity contribution in [3.63, 3.8) is 0 Å². The summed E-state index contributed by atoms with van der Waals surface area (Å²) in [5.74, 6) is -1.23. The van der Waals surface area contributed by atoms with Crippen LogP contribution in [0.2, 0.25) is 0 Å². The summed E-state index contributed by atoms with van der Waals surface area (Å²) < 4.78 is 46.0. The Kier molecular flexibility index (Phi) is 5.18. The molecule has 2 aromatic heterocycles. The third-order valence-corrected chi connectivity index (χ3v) is 5.22. The Bertz CT molecular complexity index is 1090. The van der Waals surface area contributed by atoms with Gasteiger partial charge >= 0.3 is 6.18 Å². The number of nitrogens with zero attached hydrogens (tertiary/aromatic N) is 3. The van der Waals surface area contributed by atoms with Crippen LogP contribution in [0, 0.1) is 0 Å². The van der Waals surface area contributed by atoms with Crippen LogP contribution in [0.15, 0.2) is 35.3 Å². The Balaban J connectivity index is 1.59. The highest BCUT2D eigenvalue weighted by Crippen LogP contribution is 2.28. The topological polar surface area (TPSA) is 63.1 Å². The lowest BCUT2D eigenvalue weighted by atomic mass is 10.1. The van der Waals surface area contributed by atoms with E-state index in [1.165, 1.54) is 0 Å². The normalized spacial score (nSPS) is 15.0. The third-order valence-electron chi connectivity index (χ3n) is 5.22. The van der Waals surface area contributed by atoms with E-state index >= 15 is 0 Å². The molecule has 0 unspecified atom stereocenters. The highest BCUT2D eigenvalue weighted by molar-refractivity contribution is 5.83. The summed E-state index contributed by atoms with van der Waals surface area (Å²) in [4.78, 5) is 19.8. The maximum Gasteiger partial charge on any atom is 0.449 e. The Morgan fingerprint density at radius 2 is 2.07 bits per heavy atom. The van der Waals surface area contributed by atoms with Crippen LogP contribution in [-0.4, -0.2) is 39.7 Å². The molecule has 1 N–H and O–H groups in total. The van der Waals surface area contributed by atoms with Crippen molar-refractivity contribution in [2.24, 2.45) is 0 Å². The molecular formula is C20H21F3N4O2. The molecule has 0 aliphatic carbocycles. The van der Waals surface area contributed by atoms with Crippen LogP contribution in [0.4, 0.5) is 13.2 Å². The SMILES string of the molecule is COCCn1cc(CN2CCc3nc(C(F)(F)F)[nH]c(=O)c3C2)c2ccccc21. The van der Waals surface area contributed by atoms with Gasteiger partial charge in [-0.05, 0) is 11.6 Å². The first kappa shape index (κ1) is 19.7. The molecule has 1 aliphatic heterocycles. The minimum atomic E-state index is -4.66. The molecule has 6 nitrogen and oxygen atoms in total. The molecule has 0 radical (unpaired) electrons. The van der Waals surface area contributed by atoms with Gasteiger partial charge in [-0.25, -0.2) is 4.98 Å². The summed E-state index contributed by atoms with van der Waals surface area (Å²) >= 11 is 0. The van der Waals surface area contributed by atoms with Gasteiger partial charge in [-0.2, -0.15) is 13.2 Å². The fourth-order valence-corrected chi connectivity index (χ4v) is 3.81. The number of aromatic nitrogens is 3. The van der Waals surface area contributed by atoms with Gasteiger partial charge in [0.25, 0.3) is 5.56 Å². The van der Waals surface area contributed by atoms with Gasteiger partial charge in [0.1, 0.15) is 0 Å². The molecule has 29 heavy (non-hydrogen) atoms. The molecule has 3 heterocycles. The molecule has 4 rings (SSSR count). The molecule has 0 spiro atoms. The van der Waals surface area contributed by atoms with Crippen molar-refractivity contribution in [2.45, 2.75) is 32.2 Å². The van der Waals surface area contributed by atoms with Crippen molar-refractivity contribution in [1.82, 2.24) is 19.4 Å². The Hall–Kier alpha value is -2.65. The zero-order valence-corrected chi connectivity index (χ0v) is 15.9. The Morgan fingerprint density at radius 1 is 1.28 bits per heavy atom. The number of H-pyrrole nitrogens is 1. The largest absolute Gasteiger partial charge is 0.449 e. The van der Waals surface area contributed by atoms with E-state index in [0.29, 0.717) is 31.7 Å². The molecular weight excluding hydrogens is 385 g/mol. The van der Waals surface area contributed by atoms with Gasteiger partial charge < -0.3 is 14.3 Å². The number of hydrogen-bond acceptors (Lipinski definition) is 4. The number of alkyl halides is 3. The average Bonchev–Trinajstić information content (AvgIpc) is 3.03. The standard InChI is InChI=1S/C20H21F3N4O2/c1-29-9-8-27-11-13(14-4-2-3-5-17(14)27)10-26-7-6-16-15(12-26)18(28)25-19(24-16)20(21,22)23/h2-5,11H,6-10,12H2,1H3,(H,24,25,28). The van der Waals surface area contributed by atoms with E-state index in [4.69, 9.17) is 4.74 Å². The van der Waals surface area contributed by atoms with Gasteiger partial charge in [0.05, 0.1) is 17.9 Å². The van der Waals surface area contributed by atoms with Crippen LogP contribution in [-0.2, 0) is 37.0 Å². The van der Waals surface area contributed by atoms with E-state index in [1.54, 1.807) is 7.11 Å². The summed E-state index contributed by atoms with van der Waals surface area (Å²) in [5.41, 5.74) is 2.05. The Labute approximate surface area is 164 Å². The van der Waals surface area contributed by atoms with E-state index < -0.39 is 17.6 Å². The third kappa shape index (κ3) is 3.92. The van der Waals surface area contributed by atoms with E-state index in [-0.39, 0.29) is 12.2 Å². The lowest BCUT2D eigenvalue weighted by Crippen LogP contribution is -2.36. The van der Waals surface area contributed by atoms with Crippen molar-refractivity contribution >= 4 is 10.9 Å². The van der Waals surface area contributed by atoms with Crippen LogP contribution in [0.1, 0.15) is 22.6 Å². The zero-order valence-electron chi connectivity index (χ0n) is 15.9. The van der Waals surface area contributed by atoms with Crippen LogP contribution >= 0.6 is 0 Å². The summed E-state index contributed by atoms with van der Waals surface area (Å²) in [5, 5.41) is 1.12. The number of benzene rings is 1. The summed E-state index contributed by atoms with van der Waals surface area (Å²) in [6.45, 7) is 2.73. The number of hydrogen-bond donors (Lipinski definition) is 1. The maximum atomic E-state index is 12.9. The number of para-hydroxylation sites is 1. The maximum absolute atomic E-state index is 12.9. The summed E-state index contributed by atoms with van der Waals surface area (Å²) in [7, 11) is 1.66. The van der Waals surface area contributed by atoms with Crippen molar-refractivity contribution in [1.29, 1.82) is 0 Å². The first-order valence-electron chi connectivity index (χ1n) is 9.34. The molecule has 1 aromatic carbocycles. The van der Waals surface area contributed by atoms with Crippen molar-refractivity contribution in [3.05, 3.63) is 63.5 Å². The highest BCUT2D eigenvalue weighted by Gasteiger charge is 2.36. The lowest BCUT2D eigenvalue weighted by Gasteiger charge is -2.27. The summed E-state index contributed by atoms with van der Waals surface area (Å²) in [6, 6.07) is 8.06. The van der Waals surface area contributed by atoms with Crippen molar-refractivity contribution in [2.75, 3.05) is 20.3 Å². The molecule has 3 aromatic rings. The number of rotatable bonds is 5. The quantitative estimate of drug-likeness (QED) is 0.708. The predicted octanol–water partition coefficient (Wildman–Crippen LogP) is 2.95. The van der Waals surface area contributed by atoms with Gasteiger partial charge in [-0.15, -0.1) is 0 Å². The van der Waals surface area contributed by atoms with Gasteiger partial charge in [0.2, 0.25) is 5.82 Å². The second kappa shape index (κ2) is 7.64. The van der Waals surface area contributed by atoms with E-state index in [0.717, 1.165) is 23.0 Å². The highest BCUT2D eigenvalue weighted by atomic mass is 19.4. The molecule has 9 heteroatoms. The predicted molar refractivity (Wildman–Crippen MR) is 101 cm³/mol. The smallest absolute Gasteiger partial charge is 0.383 e. The summed E-state index contributed by atoms with van der Waals surface area (Å²) in [6.07, 6.45) is -2.27. The fourth-order valence-electron chi connectivity index (χ4n) is 3.81. The monoisotopic (exact) mass is 406 g/mol. The van der Waals surface area contributed by atoms with Crippen molar-refractivity contribution < 1.29 is 17.9 Å². The molecule has 0 fully saturated rings. The first-order chi connectivity index (χ1) is 13.9. The Morgan fingerprint density at radius 3 is 2.83 bits per heavy atom. The van der Waals surface area contributed by atoms with Crippen LogP contribution in [0.5, 0.6) is 0 Å². The molecule has 0 atom stereocenters. The second-order valence-electron chi connectivity index (χ2n) is 7.16. The van der Waals surface area contributed by atoms with E-state index in [2.05, 4.69) is 26.7 Å². The first-order valence-corrected chi connectivity index (χ1v) is 9.34. The fraction of sp³-hybridized carbons (Fsp3) is 0.400. The average molecular weight is 406 g/mol. The van der Waals surface area contributed by atoms with Crippen LogP contribution in [0.25, 0.3) is 10.9 Å². The second-order valence-corrected chi connectivity index (χ2v) is 7.16. The molecule has 1 aliphatic rings. The number of aromatic amines is 1. The molecule has 154 valence electrons. The van der Waals surface area contributed by atoms with Crippen molar-refractivity contribution in [3.8, 4) is 0 Å². The number of ether oxygens (including phenoxy) is 1. The number of methoxy groups -OCH3 is 1. The minimum absolute atomic E-state index is 0.236. The van der Waals surface area contributed by atoms with E-state index in [9.17, 15) is 18.0 Å². The number of fused-ring (bicyclic) bond motifs is 2. The van der Waals surface area contributed by atoms with Gasteiger partial charge in [0.15, 0.2) is 0 Å². The molecule has 0 saturated carbocycles. The zero-order chi connectivity index (χ0) is 20.6. The van der Waals surface area contributed by atoms with Gasteiger partial charge in [-0.3, -0.25) is 9.69 Å². The van der Waals surface area contributed by atoms with Gasteiger partial charge in [0, 0.05) is 56.8 Å². The van der Waals surface area contributed by atoms with E-state index in [1.807, 2.05) is 23.2 Å². The van der Waals surface area contributed by atoms with Gasteiger partial charge in [-0.1, -0.05) is 18.2 Å². The molecule has 0 amide bonds. The number of halogens is 3. The minimum Gasteiger partial charge on any atom is -0.383 e. The van der Waals surface area contributed by atoms with Crippen LogP contribution in [0.3, 0.4) is 0 Å². The lowest BCUT2D eigenvalue weighted by molar-refractivity contribution is -0.145. The molecule has 0 bridgehead atoms.